The zero-order valence-corrected chi connectivity index (χ0v) is 76.3. The molecule has 12 rings (SSSR count). The first-order valence-electron chi connectivity index (χ1n) is 36.8. The largest absolute Gasteiger partial charge is 0.748 e. The molecule has 0 saturated carbocycles. The molecule has 10 aromatic rings. The van der Waals surface area contributed by atoms with Crippen LogP contribution in [0, 0.1) is 0 Å². The van der Waals surface area contributed by atoms with Crippen LogP contribution in [0.25, 0.3) is 65.3 Å². The number of amides is 4. The lowest BCUT2D eigenvalue weighted by Crippen LogP contribution is -2.32. The van der Waals surface area contributed by atoms with E-state index >= 15 is 0 Å². The third kappa shape index (κ3) is 28.1. The molecule has 670 valence electrons. The number of carboxylic acids is 1. The lowest BCUT2D eigenvalue weighted by molar-refractivity contribution is -0.435. The van der Waals surface area contributed by atoms with Crippen molar-refractivity contribution in [1.29, 1.82) is 0 Å². The molecule has 38 nitrogen and oxygen atoms in total. The number of hydrazine groups is 1. The quantitative estimate of drug-likeness (QED) is 0.00945. The van der Waals surface area contributed by atoms with Gasteiger partial charge in [-0.15, -0.1) is 50.5 Å². The van der Waals surface area contributed by atoms with Gasteiger partial charge in [0.15, 0.2) is 5.71 Å². The Morgan fingerprint density at radius 2 is 0.976 bits per heavy atom. The van der Waals surface area contributed by atoms with Crippen molar-refractivity contribution in [2.24, 2.45) is 5.84 Å². The molecule has 2 aliphatic rings. The number of allylic oxidation sites excluding steroid dienone is 4. The third-order valence-electron chi connectivity index (χ3n) is 18.7. The average molecular weight is 2000 g/mol. The van der Waals surface area contributed by atoms with E-state index < -0.39 is 154 Å². The highest BCUT2D eigenvalue weighted by atomic mass is 79.9. The molecule has 12 N–H and O–H groups in total. The molecule has 0 atom stereocenters. The Morgan fingerprint density at radius 1 is 0.540 bits per heavy atom. The molecule has 0 unspecified atom stereocenters. The first-order valence-corrected chi connectivity index (χ1v) is 47.0. The molecule has 2 aliphatic heterocycles. The highest BCUT2D eigenvalue weighted by Gasteiger charge is 2.47. The lowest BCUT2D eigenvalue weighted by atomic mass is 9.79. The molecule has 4 heterocycles. The van der Waals surface area contributed by atoms with Gasteiger partial charge in [-0.3, -0.25) is 38.9 Å². The van der Waals surface area contributed by atoms with Crippen molar-refractivity contribution < 1.29 is 123 Å². The lowest BCUT2D eigenvalue weighted by Gasteiger charge is -2.27. The van der Waals surface area contributed by atoms with Gasteiger partial charge in [-0.05, 0) is 168 Å². The topological polar surface area (TPSA) is 621 Å². The summed E-state index contributed by atoms with van der Waals surface area (Å²) in [5.41, 5.74) is 13.6. The van der Waals surface area contributed by atoms with Gasteiger partial charge in [0, 0.05) is 91.9 Å². The molecule has 0 bridgehead atoms. The van der Waals surface area contributed by atoms with Crippen LogP contribution in [0.4, 0.5) is 22.7 Å². The Kier molecular flexibility index (Phi) is 37.0. The fraction of sp³-hybridized carbons (Fsp3) is 0.241. The van der Waals surface area contributed by atoms with Gasteiger partial charge in [-0.1, -0.05) is 132 Å². The van der Waals surface area contributed by atoms with Crippen molar-refractivity contribution in [2.45, 2.75) is 77.0 Å². The number of fused-ring (bicyclic) bond motifs is 8. The van der Waals surface area contributed by atoms with E-state index in [9.17, 15) is 68.0 Å². The zero-order valence-electron chi connectivity index (χ0n) is 67.4. The summed E-state index contributed by atoms with van der Waals surface area (Å²) in [5.74, 6) is -0.351. The number of carbonyl (C=O) groups excluding carboxylic acids is 4. The summed E-state index contributed by atoms with van der Waals surface area (Å²) in [6.45, 7) is 13.1. The highest BCUT2D eigenvalue weighted by Crippen LogP contribution is 2.54. The second kappa shape index (κ2) is 45.3. The smallest absolute Gasteiger partial charge is 0.425 e. The Labute approximate surface area is 744 Å². The molecule has 0 spiro atoms. The number of hydrogen-bond acceptors (Lipinski definition) is 30. The second-order valence-electron chi connectivity index (χ2n) is 27.7. The molecule has 2 aromatic heterocycles. The van der Waals surface area contributed by atoms with Crippen LogP contribution in [-0.4, -0.2) is 195 Å². The molecule has 4 amide bonds. The number of benzene rings is 8. The Morgan fingerprint density at radius 3 is 1.43 bits per heavy atom. The molecule has 0 aliphatic carbocycles. The maximum absolute atomic E-state index is 13.6. The van der Waals surface area contributed by atoms with E-state index in [1.165, 1.54) is 30.3 Å². The van der Waals surface area contributed by atoms with Gasteiger partial charge in [0.25, 0.3) is 43.9 Å². The molecule has 8 aromatic carbocycles. The molecule has 0 saturated heterocycles. The Balaban J connectivity index is 0.000000483. The van der Waals surface area contributed by atoms with Crippen molar-refractivity contribution in [3.63, 3.8) is 0 Å². The van der Waals surface area contributed by atoms with Crippen LogP contribution in [0.1, 0.15) is 114 Å². The van der Waals surface area contributed by atoms with Crippen LogP contribution >= 0.6 is 31.9 Å². The van der Waals surface area contributed by atoms with Gasteiger partial charge in [-0.25, -0.2) is 18.4 Å². The van der Waals surface area contributed by atoms with Crippen LogP contribution in [0.5, 0.6) is 0 Å². The molecule has 126 heavy (non-hydrogen) atoms. The van der Waals surface area contributed by atoms with Gasteiger partial charge in [-0.2, -0.15) is 21.4 Å². The van der Waals surface area contributed by atoms with Crippen molar-refractivity contribution in [3.05, 3.63) is 218 Å². The van der Waals surface area contributed by atoms with Crippen LogP contribution in [-0.2, 0) is 88.4 Å². The van der Waals surface area contributed by atoms with Gasteiger partial charge in [0.1, 0.15) is 35.9 Å². The van der Waals surface area contributed by atoms with E-state index in [2.05, 4.69) is 80.7 Å². The van der Waals surface area contributed by atoms with Crippen molar-refractivity contribution in [3.8, 4) is 22.3 Å². The number of halogens is 2. The summed E-state index contributed by atoms with van der Waals surface area (Å²) in [7, 11) is -26.4. The number of hydrogen-bond donors (Lipinski definition) is 10. The Bertz CT molecular complexity index is 6700. The van der Waals surface area contributed by atoms with E-state index in [0.717, 1.165) is 63.9 Å². The minimum absolute atomic E-state index is 0.0305. The normalized spacial score (nSPS) is 13.0. The number of carbonyl (C=O) groups is 5. The van der Waals surface area contributed by atoms with Crippen LogP contribution in [0.2, 0.25) is 0 Å². The number of rotatable bonds is 23. The van der Waals surface area contributed by atoms with Gasteiger partial charge in [0.2, 0.25) is 5.69 Å². The minimum Gasteiger partial charge on any atom is -0.748 e. The van der Waals surface area contributed by atoms with Crippen molar-refractivity contribution in [2.75, 3.05) is 66.8 Å². The number of nitrogen functional groups attached to an aromatic ring is 2. The monoisotopic (exact) mass is 2000 g/mol. The zero-order chi connectivity index (χ0) is 94.3. The van der Waals surface area contributed by atoms with Crippen molar-refractivity contribution >= 4 is 206 Å². The van der Waals surface area contributed by atoms with Crippen molar-refractivity contribution in [1.82, 2.24) is 31.2 Å². The van der Waals surface area contributed by atoms with Gasteiger partial charge >= 0.3 is 48.4 Å². The van der Waals surface area contributed by atoms with E-state index in [0.29, 0.717) is 76.2 Å². The first-order chi connectivity index (χ1) is 58.9. The van der Waals surface area contributed by atoms with Crippen LogP contribution in [0.15, 0.2) is 189 Å². The van der Waals surface area contributed by atoms with Crippen LogP contribution in [0.3, 0.4) is 0 Å². The SMILES string of the molecule is CCCN1/C(=C/C=C/C2=[N+](CCCS(=O)(=O)[O-])c3c(cc(-c4cc(C(=O)NCC)nc(C(=O)NCC)c4)c4ccccc34)C2(C)C)C(C)(C)c2cc(-c3cc(C(=O)NCCS(=O)(=O)O)nc(C(=O)NCC(=O)O)c3)c3ccc(S(=O)(=O)O)cc3c21.NNc1ccc(Br)c2ccccc12.Nc1ccc(Br)c2ccccc12.O=S(=O)=O.O=S(=O)=O.O=S(=O)=O.O=S(=O)=O. The number of nitrogens with zero attached hydrogens (tertiary/aromatic N) is 4. The first kappa shape index (κ1) is 103. The van der Waals surface area contributed by atoms with E-state index in [1.807, 2.05) is 159 Å². The summed E-state index contributed by atoms with van der Waals surface area (Å²) in [6, 6.07) is 45.2. The van der Waals surface area contributed by atoms with Gasteiger partial charge < -0.3 is 47.0 Å². The van der Waals surface area contributed by atoms with E-state index in [1.54, 1.807) is 26.0 Å². The summed E-state index contributed by atoms with van der Waals surface area (Å²) >= 11 is 6.97. The molecule has 0 fully saturated rings. The molecule has 47 heteroatoms. The summed E-state index contributed by atoms with van der Waals surface area (Å²) in [6.07, 6.45) is 6.19. The summed E-state index contributed by atoms with van der Waals surface area (Å²) in [5, 5.41) is 26.2. The number of carboxylic acid groups (broad SMARTS) is 1. The van der Waals surface area contributed by atoms with Crippen LogP contribution < -0.4 is 43.2 Å². The summed E-state index contributed by atoms with van der Waals surface area (Å²) < 4.78 is 210. The number of nitrogens with two attached hydrogens (primary N) is 2. The maximum atomic E-state index is 13.6. The molecular formula is C79H81Br2N11O27S7. The standard InChI is InChI=1S/C59H64N8O15S3.C10H9BrN2.C10H8BrN.4O3S/c1-8-22-66-49(59(6,7)44-32-41(38-20-19-36(85(80,81)82)30-42(38)53(44)66)35-28-47(56(72)62-21-25-84(77,78)79)65-48(29-35)57(73)63-33-51(68)69)17-13-18-50-58(4,5)43-31-40(34-26-45(54(70)60-9-2)64-46(27-34)55(71)61-10-3)37-15-11-12-16-39(37)52(43)67(50)23-14-24-83(74,75)76;11-9-5-6-10(13-12)8-4-2-1-3-7(8)9;11-9-5-6-10(12)8-4-2-1-3-7(8)9;4*1-4(2)3/h11-13,15-20,26-32H,8-10,14,21-25,33H2,1-7H3,(H7-,60,61,62,63,68,69,70,71,72,73,74,75,76,77,78,79,80,81,82);1-6,13H,12H2;1-6H,12H2;;;;. The Hall–Kier alpha value is -11.9. The predicted octanol–water partition coefficient (Wildman–Crippen LogP) is 8.31. The fourth-order valence-electron chi connectivity index (χ4n) is 13.7. The fourth-order valence-corrected chi connectivity index (χ4v) is 16.0. The molecular weight excluding hydrogens is 1920 g/mol. The van der Waals surface area contributed by atoms with E-state index in [4.69, 9.17) is 62.1 Å². The number of anilines is 3. The number of aliphatic carboxylic acids is 1. The number of aromatic nitrogens is 2. The second-order valence-corrected chi connectivity index (χ2v) is 35.6. The summed E-state index contributed by atoms with van der Waals surface area (Å²) in [4.78, 5) is 75.5. The number of nitrogens with one attached hydrogen (secondary N) is 5. The third-order valence-corrected chi connectivity index (χ3v) is 22.5. The van der Waals surface area contributed by atoms with Gasteiger partial charge in [0.05, 0.1) is 42.9 Å². The van der Waals surface area contributed by atoms with E-state index in [-0.39, 0.29) is 29.9 Å². The maximum Gasteiger partial charge on any atom is 0.425 e. The highest BCUT2D eigenvalue weighted by molar-refractivity contribution is 9.11. The molecule has 0 radical (unpaired) electrons. The number of pyridine rings is 2. The minimum atomic E-state index is -4.82. The predicted molar refractivity (Wildman–Crippen MR) is 473 cm³/mol. The average Bonchev–Trinajstić information content (AvgIpc) is 1.56.